The average molecular weight is 317 g/mol. The summed E-state index contributed by atoms with van der Waals surface area (Å²) in [6.45, 7) is 1.45. The Morgan fingerprint density at radius 3 is 2.67 bits per heavy atom. The van der Waals surface area contributed by atoms with Crippen LogP contribution >= 0.6 is 0 Å². The van der Waals surface area contributed by atoms with Crippen LogP contribution in [0.3, 0.4) is 0 Å². The molecule has 0 amide bonds. The molecule has 1 saturated heterocycles. The van der Waals surface area contributed by atoms with E-state index < -0.39 is 21.8 Å². The minimum atomic E-state index is -2.91. The number of methoxy groups -OCH3 is 1. The number of aliphatic hydroxyl groups excluding tert-OH is 1. The maximum Gasteiger partial charge on any atom is 0.152 e. The number of rotatable bonds is 5. The Kier molecular flexibility index (Phi) is 5.18. The van der Waals surface area contributed by atoms with Crippen molar-refractivity contribution >= 4 is 9.84 Å². The number of halogens is 1. The van der Waals surface area contributed by atoms with E-state index in [0.29, 0.717) is 31.8 Å². The number of ether oxygens (including phenoxy) is 1. The monoisotopic (exact) mass is 317 g/mol. The fraction of sp³-hybridized carbons (Fsp3) is 0.571. The van der Waals surface area contributed by atoms with Gasteiger partial charge in [0, 0.05) is 19.6 Å². The minimum Gasteiger partial charge on any atom is -0.496 e. The zero-order valence-corrected chi connectivity index (χ0v) is 12.8. The van der Waals surface area contributed by atoms with E-state index in [1.165, 1.54) is 19.2 Å². The summed E-state index contributed by atoms with van der Waals surface area (Å²) >= 11 is 0. The molecule has 7 heteroatoms. The summed E-state index contributed by atoms with van der Waals surface area (Å²) in [4.78, 5) is 1.97. The van der Waals surface area contributed by atoms with Gasteiger partial charge in [0.05, 0.1) is 30.3 Å². The van der Waals surface area contributed by atoms with Crippen molar-refractivity contribution in [2.45, 2.75) is 12.5 Å². The summed E-state index contributed by atoms with van der Waals surface area (Å²) in [6, 6.07) is 4.42. The molecule has 1 aromatic rings. The van der Waals surface area contributed by atoms with Gasteiger partial charge in [0.25, 0.3) is 0 Å². The molecule has 118 valence electrons. The van der Waals surface area contributed by atoms with Crippen LogP contribution in [-0.4, -0.2) is 56.7 Å². The molecule has 1 aliphatic rings. The van der Waals surface area contributed by atoms with Crippen LogP contribution in [0.4, 0.5) is 4.39 Å². The highest BCUT2D eigenvalue weighted by atomic mass is 32.2. The van der Waals surface area contributed by atoms with Crippen LogP contribution in [0.25, 0.3) is 0 Å². The van der Waals surface area contributed by atoms with E-state index in [9.17, 15) is 17.9 Å². The van der Waals surface area contributed by atoms with Crippen molar-refractivity contribution in [2.24, 2.45) is 0 Å². The SMILES string of the molecule is COc1cccc(F)c1C(O)CCN1CCS(=O)(=O)CC1. The van der Waals surface area contributed by atoms with Gasteiger partial charge in [0.2, 0.25) is 0 Å². The fourth-order valence-electron chi connectivity index (χ4n) is 2.44. The minimum absolute atomic E-state index is 0.145. The second kappa shape index (κ2) is 6.72. The van der Waals surface area contributed by atoms with Crippen LogP contribution in [0.2, 0.25) is 0 Å². The van der Waals surface area contributed by atoms with Crippen LogP contribution in [-0.2, 0) is 9.84 Å². The molecule has 1 fully saturated rings. The number of aliphatic hydroxyl groups is 1. The van der Waals surface area contributed by atoms with Crippen LogP contribution in [0.15, 0.2) is 18.2 Å². The predicted molar refractivity (Wildman–Crippen MR) is 77.6 cm³/mol. The first kappa shape index (κ1) is 16.2. The van der Waals surface area contributed by atoms with Crippen molar-refractivity contribution in [3.63, 3.8) is 0 Å². The molecule has 1 aromatic carbocycles. The van der Waals surface area contributed by atoms with Gasteiger partial charge < -0.3 is 14.7 Å². The van der Waals surface area contributed by atoms with Crippen LogP contribution in [0.1, 0.15) is 18.1 Å². The summed E-state index contributed by atoms with van der Waals surface area (Å²) in [5.74, 6) is 0.116. The van der Waals surface area contributed by atoms with Crippen molar-refractivity contribution in [1.29, 1.82) is 0 Å². The summed E-state index contributed by atoms with van der Waals surface area (Å²) in [5.41, 5.74) is 0.157. The lowest BCUT2D eigenvalue weighted by atomic mass is 10.0. The molecule has 0 spiro atoms. The quantitative estimate of drug-likeness (QED) is 0.877. The van der Waals surface area contributed by atoms with Gasteiger partial charge in [-0.2, -0.15) is 0 Å². The molecule has 0 aromatic heterocycles. The Morgan fingerprint density at radius 2 is 2.05 bits per heavy atom. The Hall–Kier alpha value is -1.18. The number of nitrogens with zero attached hydrogens (tertiary/aromatic N) is 1. The highest BCUT2D eigenvalue weighted by molar-refractivity contribution is 7.91. The van der Waals surface area contributed by atoms with E-state index in [-0.39, 0.29) is 17.1 Å². The third-order valence-electron chi connectivity index (χ3n) is 3.72. The number of hydrogen-bond acceptors (Lipinski definition) is 5. The Morgan fingerprint density at radius 1 is 1.38 bits per heavy atom. The smallest absolute Gasteiger partial charge is 0.152 e. The average Bonchev–Trinajstić information content (AvgIpc) is 2.45. The normalized spacial score (nSPS) is 20.1. The predicted octanol–water partition coefficient (Wildman–Crippen LogP) is 0.988. The molecule has 1 N–H and O–H groups in total. The largest absolute Gasteiger partial charge is 0.496 e. The number of hydrogen-bond donors (Lipinski definition) is 1. The third-order valence-corrected chi connectivity index (χ3v) is 5.33. The van der Waals surface area contributed by atoms with E-state index >= 15 is 0 Å². The van der Waals surface area contributed by atoms with Gasteiger partial charge in [-0.15, -0.1) is 0 Å². The van der Waals surface area contributed by atoms with E-state index in [1.54, 1.807) is 6.07 Å². The van der Waals surface area contributed by atoms with Gasteiger partial charge in [-0.05, 0) is 18.6 Å². The maximum atomic E-state index is 13.8. The van der Waals surface area contributed by atoms with Crippen molar-refractivity contribution in [3.8, 4) is 5.75 Å². The molecular formula is C14H20FNO4S. The molecule has 0 aliphatic carbocycles. The number of sulfone groups is 1. The Bertz CT molecular complexity index is 577. The lowest BCUT2D eigenvalue weighted by Gasteiger charge is -2.27. The molecule has 0 bridgehead atoms. The van der Waals surface area contributed by atoms with Crippen molar-refractivity contribution in [2.75, 3.05) is 38.2 Å². The van der Waals surface area contributed by atoms with E-state index in [0.717, 1.165) is 0 Å². The molecule has 1 heterocycles. The molecule has 0 radical (unpaired) electrons. The third kappa shape index (κ3) is 4.15. The van der Waals surface area contributed by atoms with Gasteiger partial charge in [-0.25, -0.2) is 12.8 Å². The first-order chi connectivity index (χ1) is 9.93. The molecule has 1 atom stereocenters. The maximum absolute atomic E-state index is 13.8. The fourth-order valence-corrected chi connectivity index (χ4v) is 3.72. The van der Waals surface area contributed by atoms with Crippen LogP contribution < -0.4 is 4.74 Å². The van der Waals surface area contributed by atoms with E-state index in [4.69, 9.17) is 4.74 Å². The highest BCUT2D eigenvalue weighted by Crippen LogP contribution is 2.29. The molecule has 5 nitrogen and oxygen atoms in total. The van der Waals surface area contributed by atoms with Crippen molar-refractivity contribution in [1.82, 2.24) is 4.90 Å². The van der Waals surface area contributed by atoms with Gasteiger partial charge in [-0.3, -0.25) is 0 Å². The van der Waals surface area contributed by atoms with Crippen molar-refractivity contribution in [3.05, 3.63) is 29.6 Å². The molecule has 1 aliphatic heterocycles. The van der Waals surface area contributed by atoms with Gasteiger partial charge >= 0.3 is 0 Å². The second-order valence-electron chi connectivity index (χ2n) is 5.15. The zero-order chi connectivity index (χ0) is 15.5. The molecule has 2 rings (SSSR count). The summed E-state index contributed by atoms with van der Waals surface area (Å²) in [6.07, 6.45) is -0.642. The highest BCUT2D eigenvalue weighted by Gasteiger charge is 2.23. The van der Waals surface area contributed by atoms with E-state index in [2.05, 4.69) is 0 Å². The van der Waals surface area contributed by atoms with E-state index in [1.807, 2.05) is 4.90 Å². The lowest BCUT2D eigenvalue weighted by Crippen LogP contribution is -2.41. The molecule has 0 saturated carbocycles. The summed E-state index contributed by atoms with van der Waals surface area (Å²) in [5, 5.41) is 10.2. The molecular weight excluding hydrogens is 297 g/mol. The Balaban J connectivity index is 1.95. The standard InChI is InChI=1S/C14H20FNO4S/c1-20-13-4-2-3-11(15)14(13)12(17)5-6-16-7-9-21(18,19)10-8-16/h2-4,12,17H,5-10H2,1H3. The molecule has 21 heavy (non-hydrogen) atoms. The van der Waals surface area contributed by atoms with Gasteiger partial charge in [0.15, 0.2) is 9.84 Å². The van der Waals surface area contributed by atoms with Crippen LogP contribution in [0, 0.1) is 5.82 Å². The Labute approximate surface area is 124 Å². The topological polar surface area (TPSA) is 66.8 Å². The first-order valence-electron chi connectivity index (χ1n) is 6.86. The summed E-state index contributed by atoms with van der Waals surface area (Å²) < 4.78 is 41.6. The second-order valence-corrected chi connectivity index (χ2v) is 7.46. The number of benzene rings is 1. The van der Waals surface area contributed by atoms with Crippen molar-refractivity contribution < 1.29 is 22.7 Å². The van der Waals surface area contributed by atoms with Gasteiger partial charge in [-0.1, -0.05) is 6.07 Å². The lowest BCUT2D eigenvalue weighted by molar-refractivity contribution is 0.137. The van der Waals surface area contributed by atoms with Gasteiger partial charge in [0.1, 0.15) is 11.6 Å². The summed E-state index contributed by atoms with van der Waals surface area (Å²) in [7, 11) is -1.48. The zero-order valence-electron chi connectivity index (χ0n) is 12.0. The first-order valence-corrected chi connectivity index (χ1v) is 8.68. The van der Waals surface area contributed by atoms with Crippen LogP contribution in [0.5, 0.6) is 5.75 Å². The molecule has 1 unspecified atom stereocenters.